The van der Waals surface area contributed by atoms with E-state index in [1.807, 2.05) is 42.5 Å². The van der Waals surface area contributed by atoms with Crippen LogP contribution in [-0.2, 0) is 17.6 Å². The van der Waals surface area contributed by atoms with Gasteiger partial charge in [-0.3, -0.25) is 4.79 Å². The zero-order valence-electron chi connectivity index (χ0n) is 14.8. The fourth-order valence-corrected chi connectivity index (χ4v) is 2.17. The summed E-state index contributed by atoms with van der Waals surface area (Å²) in [7, 11) is 1.53. The number of aryl methyl sites for hydroxylation is 1. The largest absolute Gasteiger partial charge is 0.504 e. The van der Waals surface area contributed by atoms with Crippen molar-refractivity contribution >= 4 is 5.97 Å². The highest BCUT2D eigenvalue weighted by Crippen LogP contribution is 2.26. The Bertz CT molecular complexity index is 665. The molecule has 2 N–H and O–H groups in total. The minimum Gasteiger partial charge on any atom is -0.504 e. The van der Waals surface area contributed by atoms with Gasteiger partial charge in [0, 0.05) is 0 Å². The molecule has 2 aromatic carbocycles. The van der Waals surface area contributed by atoms with Crippen molar-refractivity contribution in [2.45, 2.75) is 26.2 Å². The van der Waals surface area contributed by atoms with Gasteiger partial charge in [-0.15, -0.1) is 6.58 Å². The molecule has 1 unspecified atom stereocenters. The second-order valence-electron chi connectivity index (χ2n) is 5.76. The van der Waals surface area contributed by atoms with Gasteiger partial charge < -0.3 is 14.9 Å². The Hall–Kier alpha value is -2.75. The topological polar surface area (TPSA) is 66.8 Å². The third-order valence-corrected chi connectivity index (χ3v) is 3.75. The predicted molar refractivity (Wildman–Crippen MR) is 100 cm³/mol. The van der Waals surface area contributed by atoms with Gasteiger partial charge in [0.05, 0.1) is 13.0 Å². The molecular formula is C21H26O4. The van der Waals surface area contributed by atoms with Crippen LogP contribution in [0.4, 0.5) is 0 Å². The fourth-order valence-electron chi connectivity index (χ4n) is 2.17. The number of aromatic hydroxyl groups is 1. The summed E-state index contributed by atoms with van der Waals surface area (Å²) in [4.78, 5) is 10.5. The lowest BCUT2D eigenvalue weighted by Crippen LogP contribution is -2.10. The molecule has 2 aromatic rings. The number of rotatable bonds is 7. The normalized spacial score (nSPS) is 11.0. The van der Waals surface area contributed by atoms with Gasteiger partial charge >= 0.3 is 5.97 Å². The molecule has 25 heavy (non-hydrogen) atoms. The number of ether oxygens (including phenoxy) is 1. The summed E-state index contributed by atoms with van der Waals surface area (Å²) in [6.07, 6.45) is 4.15. The van der Waals surface area contributed by atoms with E-state index < -0.39 is 5.97 Å². The van der Waals surface area contributed by atoms with Crippen molar-refractivity contribution < 1.29 is 19.7 Å². The van der Waals surface area contributed by atoms with Crippen LogP contribution < -0.4 is 4.74 Å². The second-order valence-corrected chi connectivity index (χ2v) is 5.76. The molecule has 0 fully saturated rings. The predicted octanol–water partition coefficient (Wildman–Crippen LogP) is 4.47. The zero-order chi connectivity index (χ0) is 18.7. The molecule has 0 amide bonds. The van der Waals surface area contributed by atoms with Gasteiger partial charge in [0.15, 0.2) is 11.5 Å². The Labute approximate surface area is 149 Å². The summed E-state index contributed by atoms with van der Waals surface area (Å²) >= 11 is 0. The Morgan fingerprint density at radius 3 is 2.44 bits per heavy atom. The van der Waals surface area contributed by atoms with E-state index in [0.29, 0.717) is 12.2 Å². The minimum atomic E-state index is -0.712. The highest BCUT2D eigenvalue weighted by atomic mass is 16.5. The van der Waals surface area contributed by atoms with Crippen LogP contribution in [0.2, 0.25) is 0 Å². The number of hydrogen-bond donors (Lipinski definition) is 2. The van der Waals surface area contributed by atoms with Gasteiger partial charge in [0.1, 0.15) is 0 Å². The van der Waals surface area contributed by atoms with Gasteiger partial charge in [-0.05, 0) is 42.5 Å². The van der Waals surface area contributed by atoms with E-state index >= 15 is 0 Å². The summed E-state index contributed by atoms with van der Waals surface area (Å²) in [5.41, 5.74) is 2.29. The summed E-state index contributed by atoms with van der Waals surface area (Å²) in [6, 6.07) is 15.2. The van der Waals surface area contributed by atoms with Gasteiger partial charge in [-0.25, -0.2) is 0 Å². The summed E-state index contributed by atoms with van der Waals surface area (Å²) in [5, 5.41) is 17.9. The maximum absolute atomic E-state index is 10.5. The zero-order valence-corrected chi connectivity index (χ0v) is 14.8. The lowest BCUT2D eigenvalue weighted by molar-refractivity contribution is -0.141. The molecule has 0 saturated heterocycles. The maximum Gasteiger partial charge on any atom is 0.306 e. The maximum atomic E-state index is 10.5. The van der Waals surface area contributed by atoms with Gasteiger partial charge in [-0.2, -0.15) is 0 Å². The van der Waals surface area contributed by atoms with Crippen LogP contribution in [0.15, 0.2) is 61.2 Å². The number of carboxylic acids is 1. The smallest absolute Gasteiger partial charge is 0.306 e. The molecule has 2 rings (SSSR count). The lowest BCUT2D eigenvalue weighted by Gasteiger charge is -2.05. The highest BCUT2D eigenvalue weighted by molar-refractivity contribution is 5.69. The van der Waals surface area contributed by atoms with Crippen LogP contribution in [0, 0.1) is 5.92 Å². The standard InChI is InChI=1S/C11H14O2.C10H12O2/c1-9(11(12)13)7-8-10-5-3-2-4-6-10;1-3-4-8-5-6-9(11)10(7-8)12-2/h2-6,9H,7-8H2,1H3,(H,12,13);3,5-7,11H,1,4H2,2H3. The lowest BCUT2D eigenvalue weighted by atomic mass is 10.0. The molecule has 134 valence electrons. The van der Waals surface area contributed by atoms with E-state index in [-0.39, 0.29) is 11.7 Å². The first kappa shape index (κ1) is 20.3. The molecule has 1 atom stereocenters. The summed E-state index contributed by atoms with van der Waals surface area (Å²) < 4.78 is 4.95. The third-order valence-electron chi connectivity index (χ3n) is 3.75. The van der Waals surface area contributed by atoms with Crippen molar-refractivity contribution in [1.29, 1.82) is 0 Å². The number of phenolic OH excluding ortho intramolecular Hbond substituents is 1. The number of methoxy groups -OCH3 is 1. The van der Waals surface area contributed by atoms with Crippen LogP contribution in [0.25, 0.3) is 0 Å². The van der Waals surface area contributed by atoms with Crippen molar-refractivity contribution in [2.24, 2.45) is 5.92 Å². The number of phenols is 1. The first-order valence-corrected chi connectivity index (χ1v) is 8.21. The van der Waals surface area contributed by atoms with Crippen LogP contribution in [0.1, 0.15) is 24.5 Å². The average Bonchev–Trinajstić information content (AvgIpc) is 2.62. The van der Waals surface area contributed by atoms with E-state index in [9.17, 15) is 9.90 Å². The summed E-state index contributed by atoms with van der Waals surface area (Å²) in [6.45, 7) is 5.37. The number of benzene rings is 2. The molecular weight excluding hydrogens is 316 g/mol. The molecule has 0 aliphatic carbocycles. The third kappa shape index (κ3) is 7.57. The van der Waals surface area contributed by atoms with Crippen molar-refractivity contribution in [3.05, 3.63) is 72.3 Å². The minimum absolute atomic E-state index is 0.172. The molecule has 0 aromatic heterocycles. The average molecular weight is 342 g/mol. The molecule has 0 aliphatic rings. The van der Waals surface area contributed by atoms with Gasteiger partial charge in [-0.1, -0.05) is 49.4 Å². The number of carbonyl (C=O) groups is 1. The van der Waals surface area contributed by atoms with Crippen molar-refractivity contribution in [3.8, 4) is 11.5 Å². The van der Waals surface area contributed by atoms with E-state index in [4.69, 9.17) is 9.84 Å². The van der Waals surface area contributed by atoms with Crippen molar-refractivity contribution in [3.63, 3.8) is 0 Å². The van der Waals surface area contributed by atoms with E-state index in [2.05, 4.69) is 6.58 Å². The Kier molecular flexibility index (Phi) is 8.86. The highest BCUT2D eigenvalue weighted by Gasteiger charge is 2.09. The SMILES string of the molecule is C=CCc1ccc(O)c(OC)c1.CC(CCc1ccccc1)C(=O)O. The molecule has 0 spiro atoms. The summed E-state index contributed by atoms with van der Waals surface area (Å²) in [5.74, 6) is -0.282. The van der Waals surface area contributed by atoms with E-state index in [1.54, 1.807) is 19.1 Å². The quantitative estimate of drug-likeness (QED) is 0.729. The van der Waals surface area contributed by atoms with Crippen molar-refractivity contribution in [1.82, 2.24) is 0 Å². The number of aliphatic carboxylic acids is 1. The van der Waals surface area contributed by atoms with Crippen LogP contribution in [0.5, 0.6) is 11.5 Å². The molecule has 0 heterocycles. The van der Waals surface area contributed by atoms with Crippen molar-refractivity contribution in [2.75, 3.05) is 7.11 Å². The first-order valence-electron chi connectivity index (χ1n) is 8.21. The molecule has 4 heteroatoms. The monoisotopic (exact) mass is 342 g/mol. The number of carboxylic acid groups (broad SMARTS) is 1. The molecule has 0 bridgehead atoms. The van der Waals surface area contributed by atoms with E-state index in [1.165, 1.54) is 12.7 Å². The molecule has 4 nitrogen and oxygen atoms in total. The molecule has 0 saturated carbocycles. The Morgan fingerprint density at radius 2 is 1.88 bits per heavy atom. The first-order chi connectivity index (χ1) is 12.0. The van der Waals surface area contributed by atoms with E-state index in [0.717, 1.165) is 18.4 Å². The van der Waals surface area contributed by atoms with Crippen LogP contribution in [-0.4, -0.2) is 23.3 Å². The second kappa shape index (κ2) is 10.9. The number of hydrogen-bond acceptors (Lipinski definition) is 3. The molecule has 0 radical (unpaired) electrons. The Balaban J connectivity index is 0.000000251. The molecule has 0 aliphatic heterocycles. The fraction of sp³-hybridized carbons (Fsp3) is 0.286. The Morgan fingerprint density at radius 1 is 1.20 bits per heavy atom. The van der Waals surface area contributed by atoms with Gasteiger partial charge in [0.2, 0.25) is 0 Å². The van der Waals surface area contributed by atoms with Crippen LogP contribution >= 0.6 is 0 Å². The van der Waals surface area contributed by atoms with Crippen LogP contribution in [0.3, 0.4) is 0 Å². The van der Waals surface area contributed by atoms with Gasteiger partial charge in [0.25, 0.3) is 0 Å². The number of allylic oxidation sites excluding steroid dienone is 1.